The topological polar surface area (TPSA) is 55.7 Å². The number of aromatic amines is 1. The van der Waals surface area contributed by atoms with Gasteiger partial charge in [-0.25, -0.2) is 0 Å². The number of fused-ring (bicyclic) bond motifs is 1. The van der Waals surface area contributed by atoms with E-state index in [0.717, 1.165) is 36.0 Å². The monoisotopic (exact) mass is 212 g/mol. The Morgan fingerprint density at radius 2 is 2.31 bits per heavy atom. The van der Waals surface area contributed by atoms with Gasteiger partial charge in [0.25, 0.3) is 0 Å². The summed E-state index contributed by atoms with van der Waals surface area (Å²) in [6.07, 6.45) is 4.36. The second kappa shape index (κ2) is 3.53. The molecule has 0 spiro atoms. The van der Waals surface area contributed by atoms with Crippen molar-refractivity contribution in [2.45, 2.75) is 18.9 Å². The summed E-state index contributed by atoms with van der Waals surface area (Å²) >= 11 is 0. The maximum atomic E-state index is 9.05. The van der Waals surface area contributed by atoms with E-state index < -0.39 is 0 Å². The smallest absolute Gasteiger partial charge is 0.179 e. The third-order valence-electron chi connectivity index (χ3n) is 3.21. The van der Waals surface area contributed by atoms with Gasteiger partial charge in [0, 0.05) is 11.9 Å². The Morgan fingerprint density at radius 1 is 1.44 bits per heavy atom. The molecule has 1 atom stereocenters. The van der Waals surface area contributed by atoms with Crippen molar-refractivity contribution in [3.05, 3.63) is 30.0 Å². The zero-order valence-electron chi connectivity index (χ0n) is 8.85. The first kappa shape index (κ1) is 9.22. The molecule has 2 heterocycles. The molecule has 2 aromatic rings. The first-order valence-electron chi connectivity index (χ1n) is 5.49. The van der Waals surface area contributed by atoms with Gasteiger partial charge in [-0.2, -0.15) is 10.4 Å². The molecule has 16 heavy (non-hydrogen) atoms. The fourth-order valence-corrected chi connectivity index (χ4v) is 2.42. The van der Waals surface area contributed by atoms with Crippen molar-refractivity contribution in [3.8, 4) is 6.19 Å². The molecule has 80 valence electrons. The molecule has 0 bridgehead atoms. The lowest BCUT2D eigenvalue weighted by Crippen LogP contribution is -2.17. The van der Waals surface area contributed by atoms with Crippen LogP contribution in [0, 0.1) is 11.5 Å². The first-order valence-corrected chi connectivity index (χ1v) is 5.49. The fraction of sp³-hybridized carbons (Fsp3) is 0.333. The average Bonchev–Trinajstić information content (AvgIpc) is 2.94. The second-order valence-corrected chi connectivity index (χ2v) is 4.11. The Kier molecular flexibility index (Phi) is 2.03. The van der Waals surface area contributed by atoms with Gasteiger partial charge in [0.2, 0.25) is 0 Å². The number of nitrogens with zero attached hydrogens (tertiary/aromatic N) is 3. The number of H-pyrrole nitrogens is 1. The summed E-state index contributed by atoms with van der Waals surface area (Å²) in [6.45, 7) is 0.856. The highest BCUT2D eigenvalue weighted by Gasteiger charge is 2.27. The third kappa shape index (κ3) is 1.25. The maximum absolute atomic E-state index is 9.05. The van der Waals surface area contributed by atoms with Gasteiger partial charge in [0.05, 0.1) is 17.3 Å². The summed E-state index contributed by atoms with van der Waals surface area (Å²) in [5.41, 5.74) is 2.05. The lowest BCUT2D eigenvalue weighted by molar-refractivity contribution is 0.369. The van der Waals surface area contributed by atoms with Crippen LogP contribution in [0.4, 0.5) is 0 Å². The van der Waals surface area contributed by atoms with Crippen LogP contribution in [0.1, 0.15) is 24.6 Å². The van der Waals surface area contributed by atoms with Crippen LogP contribution in [-0.2, 0) is 0 Å². The van der Waals surface area contributed by atoms with Crippen LogP contribution in [0.3, 0.4) is 0 Å². The summed E-state index contributed by atoms with van der Waals surface area (Å²) in [6, 6.07) is 8.21. The van der Waals surface area contributed by atoms with Crippen molar-refractivity contribution in [2.24, 2.45) is 0 Å². The van der Waals surface area contributed by atoms with E-state index in [1.165, 1.54) is 0 Å². The minimum atomic E-state index is 0.178. The van der Waals surface area contributed by atoms with Crippen molar-refractivity contribution in [1.82, 2.24) is 15.1 Å². The fourth-order valence-electron chi connectivity index (χ4n) is 2.42. The standard InChI is InChI=1S/C12H12N4/c13-8-16-7-3-6-11(16)12-9-4-1-2-5-10(9)14-15-12/h1-2,4-5,11H,3,6-7H2,(H,14,15). The Balaban J connectivity index is 2.09. The number of benzene rings is 1. The number of rotatable bonds is 1. The van der Waals surface area contributed by atoms with Crippen molar-refractivity contribution in [1.29, 1.82) is 5.26 Å². The molecule has 0 aliphatic carbocycles. The van der Waals surface area contributed by atoms with Crippen molar-refractivity contribution < 1.29 is 0 Å². The van der Waals surface area contributed by atoms with Crippen LogP contribution in [0.2, 0.25) is 0 Å². The summed E-state index contributed by atoms with van der Waals surface area (Å²) < 4.78 is 0. The molecule has 1 saturated heterocycles. The Labute approximate surface area is 93.5 Å². The van der Waals surface area contributed by atoms with E-state index in [9.17, 15) is 0 Å². The van der Waals surface area contributed by atoms with Crippen LogP contribution in [0.25, 0.3) is 10.9 Å². The molecule has 1 N–H and O–H groups in total. The lowest BCUT2D eigenvalue weighted by atomic mass is 10.1. The Morgan fingerprint density at radius 3 is 3.19 bits per heavy atom. The van der Waals surface area contributed by atoms with E-state index in [4.69, 9.17) is 5.26 Å². The van der Waals surface area contributed by atoms with E-state index in [0.29, 0.717) is 0 Å². The van der Waals surface area contributed by atoms with E-state index in [-0.39, 0.29) is 6.04 Å². The quantitative estimate of drug-likeness (QED) is 0.737. The van der Waals surface area contributed by atoms with Crippen LogP contribution >= 0.6 is 0 Å². The van der Waals surface area contributed by atoms with E-state index in [1.54, 1.807) is 0 Å². The molecule has 1 unspecified atom stereocenters. The van der Waals surface area contributed by atoms with Gasteiger partial charge in [-0.1, -0.05) is 18.2 Å². The minimum absolute atomic E-state index is 0.178. The van der Waals surface area contributed by atoms with Crippen molar-refractivity contribution in [3.63, 3.8) is 0 Å². The highest BCUT2D eigenvalue weighted by molar-refractivity contribution is 5.81. The highest BCUT2D eigenvalue weighted by Crippen LogP contribution is 2.33. The molecule has 0 radical (unpaired) electrons. The predicted octanol–water partition coefficient (Wildman–Crippen LogP) is 2.18. The van der Waals surface area contributed by atoms with Gasteiger partial charge < -0.3 is 4.90 Å². The number of nitriles is 1. The van der Waals surface area contributed by atoms with Crippen molar-refractivity contribution >= 4 is 10.9 Å². The van der Waals surface area contributed by atoms with Gasteiger partial charge in [0.15, 0.2) is 6.19 Å². The summed E-state index contributed by atoms with van der Waals surface area (Å²) in [7, 11) is 0. The largest absolute Gasteiger partial charge is 0.302 e. The molecule has 4 heteroatoms. The van der Waals surface area contributed by atoms with Crippen LogP contribution in [0.15, 0.2) is 24.3 Å². The number of likely N-dealkylation sites (tertiary alicyclic amines) is 1. The van der Waals surface area contributed by atoms with Gasteiger partial charge in [0.1, 0.15) is 0 Å². The Hall–Kier alpha value is -2.02. The van der Waals surface area contributed by atoms with Crippen LogP contribution in [-0.4, -0.2) is 21.6 Å². The molecule has 3 rings (SSSR count). The first-order chi connectivity index (χ1) is 7.90. The minimum Gasteiger partial charge on any atom is -0.302 e. The van der Waals surface area contributed by atoms with Crippen LogP contribution < -0.4 is 0 Å². The SMILES string of the molecule is N#CN1CCCC1c1[nH]nc2ccccc12. The number of para-hydroxylation sites is 1. The molecule has 0 saturated carbocycles. The van der Waals surface area contributed by atoms with Gasteiger partial charge >= 0.3 is 0 Å². The molecular weight excluding hydrogens is 200 g/mol. The third-order valence-corrected chi connectivity index (χ3v) is 3.21. The van der Waals surface area contributed by atoms with Gasteiger partial charge in [-0.05, 0) is 18.9 Å². The number of hydrogen-bond acceptors (Lipinski definition) is 3. The maximum Gasteiger partial charge on any atom is 0.179 e. The van der Waals surface area contributed by atoms with Crippen molar-refractivity contribution in [2.75, 3.05) is 6.54 Å². The number of hydrogen-bond donors (Lipinski definition) is 1. The molecular formula is C12H12N4. The second-order valence-electron chi connectivity index (χ2n) is 4.11. The number of aromatic nitrogens is 2. The molecule has 1 aromatic heterocycles. The van der Waals surface area contributed by atoms with E-state index >= 15 is 0 Å². The molecule has 1 aromatic carbocycles. The lowest BCUT2D eigenvalue weighted by Gasteiger charge is -2.16. The Bertz CT molecular complexity index is 551. The summed E-state index contributed by atoms with van der Waals surface area (Å²) in [4.78, 5) is 1.83. The summed E-state index contributed by atoms with van der Waals surface area (Å²) in [5.74, 6) is 0. The molecule has 1 fully saturated rings. The zero-order valence-corrected chi connectivity index (χ0v) is 8.85. The molecule has 0 amide bonds. The van der Waals surface area contributed by atoms with E-state index in [1.807, 2.05) is 23.1 Å². The highest BCUT2D eigenvalue weighted by atomic mass is 15.2. The molecule has 4 nitrogen and oxygen atoms in total. The predicted molar refractivity (Wildman–Crippen MR) is 60.4 cm³/mol. The van der Waals surface area contributed by atoms with Gasteiger partial charge in [-0.15, -0.1) is 0 Å². The van der Waals surface area contributed by atoms with E-state index in [2.05, 4.69) is 22.5 Å². The van der Waals surface area contributed by atoms with Crippen LogP contribution in [0.5, 0.6) is 0 Å². The van der Waals surface area contributed by atoms with Gasteiger partial charge in [-0.3, -0.25) is 5.10 Å². The average molecular weight is 212 g/mol. The normalized spacial score (nSPS) is 20.2. The zero-order chi connectivity index (χ0) is 11.0. The summed E-state index contributed by atoms with van der Waals surface area (Å²) in [5, 5.41) is 17.5. The molecule has 1 aliphatic rings. The number of nitrogens with one attached hydrogen (secondary N) is 1. The molecule has 1 aliphatic heterocycles.